The second-order valence-corrected chi connectivity index (χ2v) is 7.90. The van der Waals surface area contributed by atoms with Crippen LogP contribution in [0, 0.1) is 6.92 Å². The second kappa shape index (κ2) is 7.56. The van der Waals surface area contributed by atoms with Gasteiger partial charge in [-0.3, -0.25) is 4.57 Å². The topological polar surface area (TPSA) is 71.2 Å². The molecule has 0 atom stereocenters. The lowest BCUT2D eigenvalue weighted by Crippen LogP contribution is -2.19. The maximum absolute atomic E-state index is 11.2. The molecule has 0 amide bonds. The summed E-state index contributed by atoms with van der Waals surface area (Å²) in [5, 5.41) is 18.5. The lowest BCUT2D eigenvalue weighted by atomic mass is 10.0. The molecule has 0 bridgehead atoms. The molecule has 2 heterocycles. The summed E-state index contributed by atoms with van der Waals surface area (Å²) in [6, 6.07) is 21.0. The predicted molar refractivity (Wildman–Crippen MR) is 121 cm³/mol. The summed E-state index contributed by atoms with van der Waals surface area (Å²) < 4.78 is 2.10. The molecule has 1 aromatic heterocycles. The van der Waals surface area contributed by atoms with Crippen LogP contribution < -0.4 is 4.90 Å². The quantitative estimate of drug-likeness (QED) is 0.478. The van der Waals surface area contributed by atoms with Gasteiger partial charge >= 0.3 is 5.97 Å². The zero-order valence-corrected chi connectivity index (χ0v) is 17.5. The van der Waals surface area contributed by atoms with Gasteiger partial charge in [-0.1, -0.05) is 29.8 Å². The van der Waals surface area contributed by atoms with Crippen molar-refractivity contribution in [3.63, 3.8) is 0 Å². The molecule has 1 aliphatic heterocycles. The van der Waals surface area contributed by atoms with Crippen LogP contribution in [0.3, 0.4) is 0 Å². The van der Waals surface area contributed by atoms with Crippen molar-refractivity contribution in [2.45, 2.75) is 13.3 Å². The van der Waals surface area contributed by atoms with Gasteiger partial charge < -0.3 is 10.0 Å². The van der Waals surface area contributed by atoms with E-state index in [9.17, 15) is 9.90 Å². The average Bonchev–Trinajstić information content (AvgIpc) is 3.06. The molecule has 1 N–H and O–H groups in total. The molecule has 0 fully saturated rings. The summed E-state index contributed by atoms with van der Waals surface area (Å²) in [6.45, 7) is 2.70. The molecule has 4 aromatic rings. The number of carboxylic acid groups (broad SMARTS) is 1. The van der Waals surface area contributed by atoms with Crippen LogP contribution in [0.25, 0.3) is 16.8 Å². The highest BCUT2D eigenvalue weighted by molar-refractivity contribution is 6.30. The van der Waals surface area contributed by atoms with Gasteiger partial charge in [0.15, 0.2) is 0 Å². The van der Waals surface area contributed by atoms with Crippen LogP contribution in [0.15, 0.2) is 66.7 Å². The van der Waals surface area contributed by atoms with E-state index in [1.165, 1.54) is 0 Å². The van der Waals surface area contributed by atoms with Crippen molar-refractivity contribution in [3.8, 4) is 16.8 Å². The Morgan fingerprint density at radius 1 is 0.935 bits per heavy atom. The first-order valence-corrected chi connectivity index (χ1v) is 10.3. The van der Waals surface area contributed by atoms with Crippen molar-refractivity contribution in [3.05, 3.63) is 89.0 Å². The predicted octanol–water partition coefficient (Wildman–Crippen LogP) is 5.29. The molecular weight excluding hydrogens is 412 g/mol. The maximum atomic E-state index is 11.2. The van der Waals surface area contributed by atoms with Crippen LogP contribution >= 0.6 is 11.6 Å². The van der Waals surface area contributed by atoms with Crippen molar-refractivity contribution in [1.29, 1.82) is 0 Å². The number of fused-ring (bicyclic) bond motifs is 3. The van der Waals surface area contributed by atoms with Crippen LogP contribution in [-0.2, 0) is 6.42 Å². The van der Waals surface area contributed by atoms with Gasteiger partial charge in [0, 0.05) is 23.7 Å². The molecule has 0 radical (unpaired) electrons. The highest BCUT2D eigenvalue weighted by Crippen LogP contribution is 2.38. The van der Waals surface area contributed by atoms with E-state index in [4.69, 9.17) is 11.6 Å². The third-order valence-corrected chi connectivity index (χ3v) is 5.81. The van der Waals surface area contributed by atoms with Crippen LogP contribution in [0.4, 0.5) is 11.4 Å². The summed E-state index contributed by atoms with van der Waals surface area (Å²) in [5.74, 6) is 0.833. The molecule has 154 valence electrons. The standard InChI is InChI=1S/C24H19ClN4O2/c1-15-26-27-23-12-13-28(20-9-7-19(25)8-10-20)22-14-18(6-11-21(22)29(15)23)16-2-4-17(5-3-16)24(30)31/h2-11,14H,12-13H2,1H3,(H,30,31). The normalized spacial score (nSPS) is 12.8. The fraction of sp³-hybridized carbons (Fsp3) is 0.125. The average molecular weight is 431 g/mol. The van der Waals surface area contributed by atoms with E-state index in [2.05, 4.69) is 31.8 Å². The minimum atomic E-state index is -0.932. The smallest absolute Gasteiger partial charge is 0.335 e. The third kappa shape index (κ3) is 3.45. The van der Waals surface area contributed by atoms with Gasteiger partial charge in [-0.05, 0) is 66.6 Å². The molecule has 5 rings (SSSR count). The summed E-state index contributed by atoms with van der Waals surface area (Å²) in [4.78, 5) is 13.5. The number of aromatic nitrogens is 3. The van der Waals surface area contributed by atoms with E-state index in [-0.39, 0.29) is 5.56 Å². The number of hydrogen-bond acceptors (Lipinski definition) is 4. The Morgan fingerprint density at radius 3 is 2.35 bits per heavy atom. The number of carboxylic acids is 1. The van der Waals surface area contributed by atoms with E-state index < -0.39 is 5.97 Å². The Hall–Kier alpha value is -3.64. The Kier molecular flexibility index (Phi) is 4.71. The Morgan fingerprint density at radius 2 is 1.65 bits per heavy atom. The highest BCUT2D eigenvalue weighted by Gasteiger charge is 2.24. The summed E-state index contributed by atoms with van der Waals surface area (Å²) in [6.07, 6.45) is 0.751. The monoisotopic (exact) mass is 430 g/mol. The minimum Gasteiger partial charge on any atom is -0.478 e. The van der Waals surface area contributed by atoms with E-state index in [0.717, 1.165) is 52.8 Å². The zero-order valence-electron chi connectivity index (χ0n) is 16.8. The van der Waals surface area contributed by atoms with Crippen molar-refractivity contribution in [1.82, 2.24) is 14.8 Å². The van der Waals surface area contributed by atoms with Crippen molar-refractivity contribution < 1.29 is 9.90 Å². The lowest BCUT2D eigenvalue weighted by Gasteiger charge is -2.26. The van der Waals surface area contributed by atoms with E-state index in [0.29, 0.717) is 5.02 Å². The van der Waals surface area contributed by atoms with Gasteiger partial charge in [0.05, 0.1) is 16.9 Å². The number of rotatable bonds is 3. The first kappa shape index (κ1) is 19.3. The Labute approximate surface area is 184 Å². The van der Waals surface area contributed by atoms with Gasteiger partial charge in [-0.15, -0.1) is 10.2 Å². The van der Waals surface area contributed by atoms with Gasteiger partial charge in [-0.25, -0.2) is 4.79 Å². The Bertz CT molecular complexity index is 1280. The number of hydrogen-bond donors (Lipinski definition) is 1. The fourth-order valence-corrected chi connectivity index (χ4v) is 4.14. The molecule has 0 unspecified atom stereocenters. The van der Waals surface area contributed by atoms with Crippen LogP contribution in [-0.4, -0.2) is 32.4 Å². The van der Waals surface area contributed by atoms with Crippen molar-refractivity contribution in [2.75, 3.05) is 11.4 Å². The summed E-state index contributed by atoms with van der Waals surface area (Å²) in [5.41, 5.74) is 5.31. The van der Waals surface area contributed by atoms with Gasteiger partial charge in [0.1, 0.15) is 11.6 Å². The fourth-order valence-electron chi connectivity index (χ4n) is 4.02. The number of benzene rings is 3. The second-order valence-electron chi connectivity index (χ2n) is 7.46. The summed E-state index contributed by atoms with van der Waals surface area (Å²) >= 11 is 6.12. The minimum absolute atomic E-state index is 0.269. The molecule has 0 saturated carbocycles. The SMILES string of the molecule is Cc1nnc2n1-c1ccc(-c3ccc(C(=O)O)cc3)cc1N(c1ccc(Cl)cc1)CC2. The largest absolute Gasteiger partial charge is 0.478 e. The molecule has 0 spiro atoms. The first-order chi connectivity index (χ1) is 15.0. The highest BCUT2D eigenvalue weighted by atomic mass is 35.5. The van der Waals surface area contributed by atoms with Crippen molar-refractivity contribution >= 4 is 28.9 Å². The van der Waals surface area contributed by atoms with Crippen LogP contribution in [0.2, 0.25) is 5.02 Å². The van der Waals surface area contributed by atoms with Crippen molar-refractivity contribution in [2.24, 2.45) is 0 Å². The number of nitrogens with zero attached hydrogens (tertiary/aromatic N) is 4. The number of aryl methyl sites for hydroxylation is 1. The molecule has 3 aromatic carbocycles. The van der Waals surface area contributed by atoms with Gasteiger partial charge in [0.25, 0.3) is 0 Å². The van der Waals surface area contributed by atoms with Gasteiger partial charge in [-0.2, -0.15) is 0 Å². The lowest BCUT2D eigenvalue weighted by molar-refractivity contribution is 0.0697. The van der Waals surface area contributed by atoms with Crippen LogP contribution in [0.1, 0.15) is 22.0 Å². The van der Waals surface area contributed by atoms with E-state index in [1.54, 1.807) is 12.1 Å². The van der Waals surface area contributed by atoms with E-state index >= 15 is 0 Å². The Balaban J connectivity index is 1.67. The van der Waals surface area contributed by atoms with Gasteiger partial charge in [0.2, 0.25) is 0 Å². The molecule has 0 aliphatic carbocycles. The van der Waals surface area contributed by atoms with E-state index in [1.807, 2.05) is 49.4 Å². The third-order valence-electron chi connectivity index (χ3n) is 5.56. The maximum Gasteiger partial charge on any atom is 0.335 e. The molecule has 6 nitrogen and oxygen atoms in total. The summed E-state index contributed by atoms with van der Waals surface area (Å²) in [7, 11) is 0. The zero-order chi connectivity index (χ0) is 21.5. The molecular formula is C24H19ClN4O2. The first-order valence-electron chi connectivity index (χ1n) is 9.93. The number of aromatic carboxylic acids is 1. The molecule has 7 heteroatoms. The molecule has 31 heavy (non-hydrogen) atoms. The number of anilines is 2. The number of halogens is 1. The molecule has 0 saturated heterocycles. The number of carbonyl (C=O) groups is 1. The van der Waals surface area contributed by atoms with Crippen LogP contribution in [0.5, 0.6) is 0 Å². The molecule has 1 aliphatic rings.